The first kappa shape index (κ1) is 20.9. The molecule has 0 amide bonds. The Morgan fingerprint density at radius 3 is 2.19 bits per heavy atom. The van der Waals surface area contributed by atoms with Crippen molar-refractivity contribution in [1.29, 1.82) is 0 Å². The quantitative estimate of drug-likeness (QED) is 0.389. The number of ether oxygens (including phenoxy) is 3. The van der Waals surface area contributed by atoms with E-state index in [4.69, 9.17) is 14.2 Å². The van der Waals surface area contributed by atoms with E-state index >= 15 is 0 Å². The van der Waals surface area contributed by atoms with Crippen molar-refractivity contribution in [1.82, 2.24) is 4.98 Å². The molecular formula is C25H23NO4S. The molecule has 0 fully saturated rings. The third kappa shape index (κ3) is 4.25. The van der Waals surface area contributed by atoms with Gasteiger partial charge in [-0.3, -0.25) is 4.79 Å². The van der Waals surface area contributed by atoms with Gasteiger partial charge >= 0.3 is 0 Å². The molecule has 0 bridgehead atoms. The molecule has 0 aliphatic carbocycles. The van der Waals surface area contributed by atoms with Gasteiger partial charge in [-0.2, -0.15) is 0 Å². The Hall–Kier alpha value is -3.38. The number of pyridine rings is 1. The maximum atomic E-state index is 13.7. The molecule has 0 unspecified atom stereocenters. The van der Waals surface area contributed by atoms with E-state index in [0.717, 1.165) is 21.9 Å². The van der Waals surface area contributed by atoms with E-state index in [1.807, 2.05) is 60.7 Å². The second-order valence-corrected chi connectivity index (χ2v) is 7.90. The lowest BCUT2D eigenvalue weighted by atomic mass is 10.0. The summed E-state index contributed by atoms with van der Waals surface area (Å²) in [4.78, 5) is 17.1. The van der Waals surface area contributed by atoms with Crippen molar-refractivity contribution < 1.29 is 14.2 Å². The summed E-state index contributed by atoms with van der Waals surface area (Å²) in [5.41, 5.74) is 3.24. The van der Waals surface area contributed by atoms with Crippen molar-refractivity contribution in [3.8, 4) is 28.4 Å². The number of hydrogen-bond acceptors (Lipinski definition) is 5. The number of hydrogen-bond donors (Lipinski definition) is 1. The van der Waals surface area contributed by atoms with E-state index in [1.165, 1.54) is 0 Å². The lowest BCUT2D eigenvalue weighted by Gasteiger charge is -2.14. The number of methoxy groups -OCH3 is 3. The Labute approximate surface area is 185 Å². The Bertz CT molecular complexity index is 1250. The van der Waals surface area contributed by atoms with E-state index in [2.05, 4.69) is 4.98 Å². The van der Waals surface area contributed by atoms with Gasteiger partial charge in [0.1, 0.15) is 17.2 Å². The van der Waals surface area contributed by atoms with Crippen LogP contribution in [0.5, 0.6) is 17.2 Å². The molecule has 4 aromatic rings. The Kier molecular flexibility index (Phi) is 6.18. The number of benzene rings is 3. The minimum Gasteiger partial charge on any atom is -0.497 e. The van der Waals surface area contributed by atoms with Crippen LogP contribution in [0.15, 0.2) is 76.6 Å². The topological polar surface area (TPSA) is 60.6 Å². The highest BCUT2D eigenvalue weighted by Gasteiger charge is 2.18. The second-order valence-electron chi connectivity index (χ2n) is 6.91. The molecule has 31 heavy (non-hydrogen) atoms. The molecule has 1 N–H and O–H groups in total. The molecule has 3 aromatic carbocycles. The van der Waals surface area contributed by atoms with Crippen LogP contribution in [0.25, 0.3) is 22.0 Å². The summed E-state index contributed by atoms with van der Waals surface area (Å²) in [6.45, 7) is 0. The van der Waals surface area contributed by atoms with Gasteiger partial charge in [-0.1, -0.05) is 42.5 Å². The molecular weight excluding hydrogens is 410 g/mol. The summed E-state index contributed by atoms with van der Waals surface area (Å²) in [6.07, 6.45) is 0. The van der Waals surface area contributed by atoms with Crippen LogP contribution in [0.4, 0.5) is 0 Å². The number of rotatable bonds is 7. The summed E-state index contributed by atoms with van der Waals surface area (Å²) in [6, 6.07) is 21.2. The van der Waals surface area contributed by atoms with Gasteiger partial charge in [-0.05, 0) is 23.3 Å². The SMILES string of the molecule is COc1ccc(CSc2[nH]c3cc(OC)cc(OC)c3c(=O)c2-c2ccccc2)cc1. The molecule has 0 aliphatic heterocycles. The van der Waals surface area contributed by atoms with Gasteiger partial charge in [0, 0.05) is 17.9 Å². The number of nitrogens with one attached hydrogen (secondary N) is 1. The van der Waals surface area contributed by atoms with E-state index in [1.54, 1.807) is 39.2 Å². The van der Waals surface area contributed by atoms with Crippen LogP contribution >= 0.6 is 11.8 Å². The molecule has 0 saturated carbocycles. The van der Waals surface area contributed by atoms with Gasteiger partial charge in [0.25, 0.3) is 0 Å². The zero-order valence-corrected chi connectivity index (χ0v) is 18.4. The molecule has 6 heteroatoms. The Morgan fingerprint density at radius 1 is 0.839 bits per heavy atom. The average molecular weight is 434 g/mol. The Morgan fingerprint density at radius 2 is 1.55 bits per heavy atom. The largest absolute Gasteiger partial charge is 0.497 e. The lowest BCUT2D eigenvalue weighted by molar-refractivity contribution is 0.397. The van der Waals surface area contributed by atoms with Crippen molar-refractivity contribution in [3.05, 3.63) is 82.5 Å². The number of aromatic nitrogens is 1. The molecule has 1 aromatic heterocycles. The highest BCUT2D eigenvalue weighted by molar-refractivity contribution is 7.98. The van der Waals surface area contributed by atoms with Crippen LogP contribution in [0.2, 0.25) is 0 Å². The molecule has 0 atom stereocenters. The smallest absolute Gasteiger partial charge is 0.202 e. The molecule has 1 heterocycles. The monoisotopic (exact) mass is 433 g/mol. The zero-order chi connectivity index (χ0) is 21.8. The van der Waals surface area contributed by atoms with E-state index < -0.39 is 0 Å². The summed E-state index contributed by atoms with van der Waals surface area (Å²) in [5.74, 6) is 2.63. The second kappa shape index (κ2) is 9.18. The number of aromatic amines is 1. The fourth-order valence-corrected chi connectivity index (χ4v) is 4.51. The summed E-state index contributed by atoms with van der Waals surface area (Å²) < 4.78 is 16.1. The van der Waals surface area contributed by atoms with Gasteiger partial charge in [-0.15, -0.1) is 11.8 Å². The number of H-pyrrole nitrogens is 1. The molecule has 4 rings (SSSR count). The van der Waals surface area contributed by atoms with Crippen molar-refractivity contribution in [2.45, 2.75) is 10.8 Å². The minimum atomic E-state index is -0.0725. The number of fused-ring (bicyclic) bond motifs is 1. The van der Waals surface area contributed by atoms with Crippen molar-refractivity contribution in [2.75, 3.05) is 21.3 Å². The molecule has 0 aliphatic rings. The molecule has 5 nitrogen and oxygen atoms in total. The average Bonchev–Trinajstić information content (AvgIpc) is 2.82. The third-order valence-corrected chi connectivity index (χ3v) is 6.14. The minimum absolute atomic E-state index is 0.0725. The van der Waals surface area contributed by atoms with Crippen LogP contribution in [-0.4, -0.2) is 26.3 Å². The standard InChI is InChI=1S/C25H23NO4S/c1-28-18-11-9-16(10-12-18)15-31-25-22(17-7-5-4-6-8-17)24(27)23-20(26-25)13-19(29-2)14-21(23)30-3/h4-14H,15H2,1-3H3,(H,26,27). The van der Waals surface area contributed by atoms with E-state index in [9.17, 15) is 4.79 Å². The summed E-state index contributed by atoms with van der Waals surface area (Å²) >= 11 is 1.59. The molecule has 158 valence electrons. The number of thioether (sulfide) groups is 1. The van der Waals surface area contributed by atoms with Crippen LogP contribution < -0.4 is 19.6 Å². The predicted octanol–water partition coefficient (Wildman–Crippen LogP) is 5.51. The summed E-state index contributed by atoms with van der Waals surface area (Å²) in [5, 5.41) is 1.31. The van der Waals surface area contributed by atoms with Gasteiger partial charge in [0.05, 0.1) is 42.8 Å². The van der Waals surface area contributed by atoms with Gasteiger partial charge in [0.15, 0.2) is 0 Å². The van der Waals surface area contributed by atoms with Gasteiger partial charge < -0.3 is 19.2 Å². The third-order valence-electron chi connectivity index (χ3n) is 5.07. The maximum absolute atomic E-state index is 13.7. The first-order chi connectivity index (χ1) is 15.1. The van der Waals surface area contributed by atoms with E-state index in [-0.39, 0.29) is 5.43 Å². The van der Waals surface area contributed by atoms with Crippen LogP contribution in [0, 0.1) is 0 Å². The molecule has 0 spiro atoms. The normalized spacial score (nSPS) is 10.8. The van der Waals surface area contributed by atoms with Crippen LogP contribution in [-0.2, 0) is 5.75 Å². The molecule has 0 saturated heterocycles. The highest BCUT2D eigenvalue weighted by Crippen LogP contribution is 2.35. The zero-order valence-electron chi connectivity index (χ0n) is 17.6. The fourth-order valence-electron chi connectivity index (χ4n) is 3.47. The lowest BCUT2D eigenvalue weighted by Crippen LogP contribution is -2.10. The van der Waals surface area contributed by atoms with Crippen LogP contribution in [0.1, 0.15) is 5.56 Å². The van der Waals surface area contributed by atoms with Crippen molar-refractivity contribution in [2.24, 2.45) is 0 Å². The van der Waals surface area contributed by atoms with E-state index in [0.29, 0.717) is 33.7 Å². The van der Waals surface area contributed by atoms with Crippen molar-refractivity contribution in [3.63, 3.8) is 0 Å². The summed E-state index contributed by atoms with van der Waals surface area (Å²) in [7, 11) is 4.80. The highest BCUT2D eigenvalue weighted by atomic mass is 32.2. The van der Waals surface area contributed by atoms with Crippen LogP contribution in [0.3, 0.4) is 0 Å². The first-order valence-corrected chi connectivity index (χ1v) is 10.8. The first-order valence-electron chi connectivity index (χ1n) is 9.77. The molecule has 0 radical (unpaired) electrons. The van der Waals surface area contributed by atoms with Gasteiger partial charge in [-0.25, -0.2) is 0 Å². The maximum Gasteiger partial charge on any atom is 0.202 e. The predicted molar refractivity (Wildman–Crippen MR) is 126 cm³/mol. The Balaban J connectivity index is 1.86. The van der Waals surface area contributed by atoms with Crippen molar-refractivity contribution >= 4 is 22.7 Å². The van der Waals surface area contributed by atoms with Gasteiger partial charge in [0.2, 0.25) is 5.43 Å². The fraction of sp³-hybridized carbons (Fsp3) is 0.160.